The average Bonchev–Trinajstić information content (AvgIpc) is 2.96. The summed E-state index contributed by atoms with van der Waals surface area (Å²) in [6.45, 7) is 0.440. The van der Waals surface area contributed by atoms with Crippen molar-refractivity contribution >= 4 is 11.6 Å². The lowest BCUT2D eigenvalue weighted by molar-refractivity contribution is -0.126. The second kappa shape index (κ2) is 6.58. The molecule has 2 atom stereocenters. The Morgan fingerprint density at radius 1 is 1.40 bits per heavy atom. The molecule has 6 nitrogen and oxygen atoms in total. The van der Waals surface area contributed by atoms with E-state index in [2.05, 4.69) is 5.32 Å². The third-order valence-electron chi connectivity index (χ3n) is 3.33. The third kappa shape index (κ3) is 3.20. The summed E-state index contributed by atoms with van der Waals surface area (Å²) in [6.07, 6.45) is 1.03. The van der Waals surface area contributed by atoms with E-state index in [0.717, 1.165) is 6.42 Å². The molecule has 0 unspecified atom stereocenters. The van der Waals surface area contributed by atoms with Crippen LogP contribution in [0.5, 0.6) is 11.5 Å². The van der Waals surface area contributed by atoms with E-state index in [1.165, 1.54) is 0 Å². The maximum atomic E-state index is 12.1. The van der Waals surface area contributed by atoms with Crippen LogP contribution in [0.15, 0.2) is 18.2 Å². The Kier molecular flexibility index (Phi) is 4.81. The number of nitrogens with two attached hydrogens (primary N) is 1. The van der Waals surface area contributed by atoms with Crippen molar-refractivity contribution in [2.45, 2.75) is 25.0 Å². The molecule has 6 heteroatoms. The minimum absolute atomic E-state index is 0.0245. The molecule has 0 aromatic heterocycles. The lowest BCUT2D eigenvalue weighted by Gasteiger charge is -2.15. The fourth-order valence-corrected chi connectivity index (χ4v) is 2.19. The Hall–Kier alpha value is -1.79. The van der Waals surface area contributed by atoms with Gasteiger partial charge >= 0.3 is 0 Å². The van der Waals surface area contributed by atoms with Gasteiger partial charge in [-0.25, -0.2) is 0 Å². The van der Waals surface area contributed by atoms with Gasteiger partial charge in [0.05, 0.1) is 26.0 Å². The number of hydrogen-bond donors (Lipinski definition) is 2. The van der Waals surface area contributed by atoms with Gasteiger partial charge in [-0.3, -0.25) is 4.79 Å². The second-order valence-corrected chi connectivity index (χ2v) is 4.62. The Labute approximate surface area is 118 Å². The van der Waals surface area contributed by atoms with E-state index < -0.39 is 6.10 Å². The molecule has 0 radical (unpaired) electrons. The van der Waals surface area contributed by atoms with Crippen LogP contribution in [0.3, 0.4) is 0 Å². The van der Waals surface area contributed by atoms with Crippen molar-refractivity contribution in [1.29, 1.82) is 0 Å². The van der Waals surface area contributed by atoms with E-state index in [9.17, 15) is 4.79 Å². The zero-order valence-corrected chi connectivity index (χ0v) is 11.7. The molecule has 1 aliphatic heterocycles. The highest BCUT2D eigenvalue weighted by molar-refractivity contribution is 5.95. The number of carbonyl (C=O) groups excluding carboxylic acids is 1. The maximum absolute atomic E-state index is 12.1. The number of amides is 1. The van der Waals surface area contributed by atoms with Crippen molar-refractivity contribution in [3.05, 3.63) is 18.2 Å². The highest BCUT2D eigenvalue weighted by Crippen LogP contribution is 2.30. The molecule has 0 aliphatic carbocycles. The number of rotatable bonds is 5. The van der Waals surface area contributed by atoms with Crippen LogP contribution < -0.4 is 20.5 Å². The van der Waals surface area contributed by atoms with Gasteiger partial charge in [-0.1, -0.05) is 0 Å². The van der Waals surface area contributed by atoms with Gasteiger partial charge in [0.2, 0.25) is 0 Å². The van der Waals surface area contributed by atoms with Crippen molar-refractivity contribution in [2.75, 3.05) is 26.1 Å². The topological polar surface area (TPSA) is 82.8 Å². The number of carbonyl (C=O) groups is 1. The minimum Gasteiger partial charge on any atom is -0.497 e. The Morgan fingerprint density at radius 2 is 2.20 bits per heavy atom. The molecular weight excluding hydrogens is 260 g/mol. The molecule has 1 aromatic carbocycles. The number of ether oxygens (including phenoxy) is 3. The van der Waals surface area contributed by atoms with Crippen LogP contribution in [-0.4, -0.2) is 38.9 Å². The van der Waals surface area contributed by atoms with E-state index in [0.29, 0.717) is 30.2 Å². The zero-order chi connectivity index (χ0) is 14.5. The van der Waals surface area contributed by atoms with Gasteiger partial charge in [-0.2, -0.15) is 0 Å². The predicted octanol–water partition coefficient (Wildman–Crippen LogP) is 1.15. The van der Waals surface area contributed by atoms with Crippen LogP contribution in [-0.2, 0) is 9.53 Å². The maximum Gasteiger partial charge on any atom is 0.253 e. The van der Waals surface area contributed by atoms with Crippen molar-refractivity contribution < 1.29 is 19.0 Å². The first kappa shape index (κ1) is 14.6. The third-order valence-corrected chi connectivity index (χ3v) is 3.33. The van der Waals surface area contributed by atoms with Crippen LogP contribution in [0, 0.1) is 0 Å². The van der Waals surface area contributed by atoms with Gasteiger partial charge in [0, 0.05) is 12.6 Å². The summed E-state index contributed by atoms with van der Waals surface area (Å²) < 4.78 is 15.9. The largest absolute Gasteiger partial charge is 0.497 e. The van der Waals surface area contributed by atoms with Crippen LogP contribution in [0.4, 0.5) is 5.69 Å². The quantitative estimate of drug-likeness (QED) is 0.845. The molecule has 0 bridgehead atoms. The molecule has 0 spiro atoms. The summed E-state index contributed by atoms with van der Waals surface area (Å²) in [7, 11) is 3.12. The van der Waals surface area contributed by atoms with Crippen LogP contribution >= 0.6 is 0 Å². The van der Waals surface area contributed by atoms with Crippen LogP contribution in [0.1, 0.15) is 12.8 Å². The summed E-state index contributed by atoms with van der Waals surface area (Å²) in [6, 6.07) is 5.22. The van der Waals surface area contributed by atoms with E-state index in [4.69, 9.17) is 19.9 Å². The summed E-state index contributed by atoms with van der Waals surface area (Å²) in [5.41, 5.74) is 6.13. The average molecular weight is 280 g/mol. The minimum atomic E-state index is -0.449. The zero-order valence-electron chi connectivity index (χ0n) is 11.7. The van der Waals surface area contributed by atoms with Gasteiger partial charge in [0.1, 0.15) is 17.6 Å². The molecule has 3 N–H and O–H groups in total. The standard InChI is InChI=1S/C14H20N2O4/c1-18-9-3-5-11(13(7-9)19-2)16-14(17)12-6-4-10(8-15)20-12/h3,5,7,10,12H,4,6,8,15H2,1-2H3,(H,16,17)/t10-,12+/m1/s1. The molecule has 110 valence electrons. The first-order chi connectivity index (χ1) is 9.67. The molecule has 1 aliphatic rings. The molecule has 1 amide bonds. The van der Waals surface area contributed by atoms with Crippen LogP contribution in [0.25, 0.3) is 0 Å². The Morgan fingerprint density at radius 3 is 2.80 bits per heavy atom. The van der Waals surface area contributed by atoms with Gasteiger partial charge in [0.25, 0.3) is 5.91 Å². The molecule has 1 heterocycles. The number of anilines is 1. The molecule has 20 heavy (non-hydrogen) atoms. The van der Waals surface area contributed by atoms with Gasteiger partial charge in [0.15, 0.2) is 0 Å². The Bertz CT molecular complexity index is 478. The number of nitrogens with one attached hydrogen (secondary N) is 1. The number of benzene rings is 1. The molecule has 1 aromatic rings. The van der Waals surface area contributed by atoms with Gasteiger partial charge in [-0.05, 0) is 25.0 Å². The normalized spacial score (nSPS) is 21.6. The van der Waals surface area contributed by atoms with E-state index in [1.54, 1.807) is 32.4 Å². The predicted molar refractivity (Wildman–Crippen MR) is 75.1 cm³/mol. The molecule has 2 rings (SSSR count). The monoisotopic (exact) mass is 280 g/mol. The van der Waals surface area contributed by atoms with Crippen molar-refractivity contribution in [2.24, 2.45) is 5.73 Å². The van der Waals surface area contributed by atoms with E-state index in [-0.39, 0.29) is 12.0 Å². The summed E-state index contributed by atoms with van der Waals surface area (Å²) in [5.74, 6) is 1.04. The molecule has 0 saturated carbocycles. The number of methoxy groups -OCH3 is 2. The van der Waals surface area contributed by atoms with E-state index >= 15 is 0 Å². The highest BCUT2D eigenvalue weighted by atomic mass is 16.5. The molecular formula is C14H20N2O4. The smallest absolute Gasteiger partial charge is 0.253 e. The van der Waals surface area contributed by atoms with Gasteiger partial charge < -0.3 is 25.3 Å². The lowest BCUT2D eigenvalue weighted by atomic mass is 10.2. The van der Waals surface area contributed by atoms with Crippen molar-refractivity contribution in [3.63, 3.8) is 0 Å². The first-order valence-electron chi connectivity index (χ1n) is 6.56. The van der Waals surface area contributed by atoms with Crippen molar-refractivity contribution in [1.82, 2.24) is 0 Å². The fourth-order valence-electron chi connectivity index (χ4n) is 2.19. The lowest BCUT2D eigenvalue weighted by Crippen LogP contribution is -2.29. The van der Waals surface area contributed by atoms with Crippen molar-refractivity contribution in [3.8, 4) is 11.5 Å². The summed E-state index contributed by atoms with van der Waals surface area (Å²) in [5, 5.41) is 2.81. The molecule has 1 fully saturated rings. The fraction of sp³-hybridized carbons (Fsp3) is 0.500. The Balaban J connectivity index is 2.04. The SMILES string of the molecule is COc1ccc(NC(=O)[C@@H]2CC[C@H](CN)O2)c(OC)c1. The highest BCUT2D eigenvalue weighted by Gasteiger charge is 2.30. The summed E-state index contributed by atoms with van der Waals surface area (Å²) in [4.78, 5) is 12.1. The molecule has 1 saturated heterocycles. The first-order valence-corrected chi connectivity index (χ1v) is 6.56. The summed E-state index contributed by atoms with van der Waals surface area (Å²) >= 11 is 0. The number of hydrogen-bond acceptors (Lipinski definition) is 5. The van der Waals surface area contributed by atoms with Crippen LogP contribution in [0.2, 0.25) is 0 Å². The van der Waals surface area contributed by atoms with E-state index in [1.807, 2.05) is 0 Å². The second-order valence-electron chi connectivity index (χ2n) is 4.62. The van der Waals surface area contributed by atoms with Gasteiger partial charge in [-0.15, -0.1) is 0 Å².